The third-order valence-corrected chi connectivity index (χ3v) is 4.83. The van der Waals surface area contributed by atoms with E-state index in [1.54, 1.807) is 28.8 Å². The SMILES string of the molecule is Fc1cccc(-c2nc(CSc3nnc4c(Cl)cc(Cl)cn34)co2)c1. The largest absolute Gasteiger partial charge is 0.444 e. The molecule has 4 aromatic rings. The van der Waals surface area contributed by atoms with Gasteiger partial charge in [0.25, 0.3) is 0 Å². The van der Waals surface area contributed by atoms with Crippen LogP contribution in [0.25, 0.3) is 17.1 Å². The lowest BCUT2D eigenvalue weighted by Gasteiger charge is -2.00. The van der Waals surface area contributed by atoms with Crippen LogP contribution in [0.1, 0.15) is 5.69 Å². The van der Waals surface area contributed by atoms with Crippen LogP contribution < -0.4 is 0 Å². The molecular weight excluding hydrogens is 386 g/mol. The van der Waals surface area contributed by atoms with Crippen LogP contribution in [0, 0.1) is 5.82 Å². The number of halogens is 3. The Morgan fingerprint density at radius 3 is 2.92 bits per heavy atom. The van der Waals surface area contributed by atoms with Crippen molar-refractivity contribution in [1.82, 2.24) is 19.6 Å². The van der Waals surface area contributed by atoms with Gasteiger partial charge in [0.2, 0.25) is 5.89 Å². The van der Waals surface area contributed by atoms with Gasteiger partial charge in [0.05, 0.1) is 15.7 Å². The minimum absolute atomic E-state index is 0.338. The molecule has 0 saturated heterocycles. The summed E-state index contributed by atoms with van der Waals surface area (Å²) in [6.45, 7) is 0. The number of thioether (sulfide) groups is 1. The molecule has 0 amide bonds. The molecule has 0 aliphatic carbocycles. The molecule has 0 spiro atoms. The molecule has 0 radical (unpaired) electrons. The Morgan fingerprint density at radius 2 is 2.08 bits per heavy atom. The zero-order chi connectivity index (χ0) is 17.4. The Kier molecular flexibility index (Phi) is 4.37. The molecule has 0 fully saturated rings. The monoisotopic (exact) mass is 394 g/mol. The summed E-state index contributed by atoms with van der Waals surface area (Å²) in [6, 6.07) is 7.71. The first-order chi connectivity index (χ1) is 12.1. The highest BCUT2D eigenvalue weighted by Crippen LogP contribution is 2.28. The Balaban J connectivity index is 1.55. The number of nitrogens with zero attached hydrogens (tertiary/aromatic N) is 4. The first-order valence-corrected chi connectivity index (χ1v) is 8.87. The maximum absolute atomic E-state index is 13.3. The van der Waals surface area contributed by atoms with E-state index in [4.69, 9.17) is 27.6 Å². The van der Waals surface area contributed by atoms with Crippen LogP contribution in [-0.2, 0) is 5.75 Å². The van der Waals surface area contributed by atoms with E-state index in [1.807, 2.05) is 0 Å². The van der Waals surface area contributed by atoms with Gasteiger partial charge in [-0.25, -0.2) is 9.37 Å². The van der Waals surface area contributed by atoms with Gasteiger partial charge >= 0.3 is 0 Å². The third kappa shape index (κ3) is 3.35. The van der Waals surface area contributed by atoms with Gasteiger partial charge in [-0.2, -0.15) is 0 Å². The van der Waals surface area contributed by atoms with Gasteiger partial charge in [0.15, 0.2) is 10.8 Å². The number of fused-ring (bicyclic) bond motifs is 1. The fourth-order valence-electron chi connectivity index (χ4n) is 2.27. The van der Waals surface area contributed by atoms with Crippen molar-refractivity contribution >= 4 is 40.6 Å². The van der Waals surface area contributed by atoms with E-state index < -0.39 is 0 Å². The summed E-state index contributed by atoms with van der Waals surface area (Å²) < 4.78 is 20.4. The molecule has 0 N–H and O–H groups in total. The molecule has 5 nitrogen and oxygen atoms in total. The van der Waals surface area contributed by atoms with Crippen LogP contribution in [0.3, 0.4) is 0 Å². The highest BCUT2D eigenvalue weighted by atomic mass is 35.5. The summed E-state index contributed by atoms with van der Waals surface area (Å²) in [5.41, 5.74) is 1.83. The molecule has 1 aromatic carbocycles. The van der Waals surface area contributed by atoms with E-state index in [-0.39, 0.29) is 5.82 Å². The lowest BCUT2D eigenvalue weighted by molar-refractivity contribution is 0.571. The number of aromatic nitrogens is 4. The number of oxazole rings is 1. The molecule has 126 valence electrons. The van der Waals surface area contributed by atoms with Crippen LogP contribution in [0.15, 0.2) is 52.4 Å². The van der Waals surface area contributed by atoms with Crippen LogP contribution >= 0.6 is 35.0 Å². The van der Waals surface area contributed by atoms with Crippen molar-refractivity contribution < 1.29 is 8.81 Å². The molecule has 0 aliphatic heterocycles. The van der Waals surface area contributed by atoms with Crippen LogP contribution in [0.4, 0.5) is 4.39 Å². The fraction of sp³-hybridized carbons (Fsp3) is 0.0625. The maximum Gasteiger partial charge on any atom is 0.226 e. The van der Waals surface area contributed by atoms with Crippen molar-refractivity contribution in [3.63, 3.8) is 0 Å². The highest BCUT2D eigenvalue weighted by Gasteiger charge is 2.13. The molecule has 0 atom stereocenters. The molecule has 0 bridgehead atoms. The minimum Gasteiger partial charge on any atom is -0.444 e. The van der Waals surface area contributed by atoms with E-state index in [2.05, 4.69) is 15.2 Å². The van der Waals surface area contributed by atoms with Gasteiger partial charge in [0.1, 0.15) is 12.1 Å². The summed E-state index contributed by atoms with van der Waals surface area (Å²) >= 11 is 13.5. The number of hydrogen-bond donors (Lipinski definition) is 0. The third-order valence-electron chi connectivity index (χ3n) is 3.37. The second kappa shape index (κ2) is 6.67. The van der Waals surface area contributed by atoms with E-state index in [1.165, 1.54) is 30.2 Å². The Labute approximate surface area is 155 Å². The molecule has 4 rings (SSSR count). The quantitative estimate of drug-likeness (QED) is 0.449. The van der Waals surface area contributed by atoms with Crippen LogP contribution in [-0.4, -0.2) is 19.6 Å². The first-order valence-electron chi connectivity index (χ1n) is 7.13. The molecular formula is C16H9Cl2FN4OS. The summed E-state index contributed by atoms with van der Waals surface area (Å²) in [5, 5.41) is 9.72. The maximum atomic E-state index is 13.3. The second-order valence-corrected chi connectivity index (χ2v) is 6.91. The Morgan fingerprint density at radius 1 is 1.20 bits per heavy atom. The summed E-state index contributed by atoms with van der Waals surface area (Å²) in [6.07, 6.45) is 3.24. The number of benzene rings is 1. The molecule has 0 aliphatic rings. The summed E-state index contributed by atoms with van der Waals surface area (Å²) in [5.74, 6) is 0.534. The zero-order valence-electron chi connectivity index (χ0n) is 12.5. The molecule has 9 heteroatoms. The molecule has 0 saturated carbocycles. The van der Waals surface area contributed by atoms with Crippen molar-refractivity contribution in [1.29, 1.82) is 0 Å². The number of rotatable bonds is 4. The van der Waals surface area contributed by atoms with Crippen molar-refractivity contribution in [3.8, 4) is 11.5 Å². The topological polar surface area (TPSA) is 56.2 Å². The predicted molar refractivity (Wildman–Crippen MR) is 94.5 cm³/mol. The summed E-state index contributed by atoms with van der Waals surface area (Å²) in [4.78, 5) is 4.37. The minimum atomic E-state index is -0.338. The second-order valence-electron chi connectivity index (χ2n) is 5.13. The lowest BCUT2D eigenvalue weighted by Crippen LogP contribution is -1.89. The molecule has 3 aromatic heterocycles. The van der Waals surface area contributed by atoms with Gasteiger partial charge < -0.3 is 4.42 Å². The van der Waals surface area contributed by atoms with Gasteiger partial charge in [-0.05, 0) is 24.3 Å². The van der Waals surface area contributed by atoms with Crippen molar-refractivity contribution in [3.05, 3.63) is 64.3 Å². The zero-order valence-corrected chi connectivity index (χ0v) is 14.8. The van der Waals surface area contributed by atoms with Gasteiger partial charge in [-0.15, -0.1) is 10.2 Å². The van der Waals surface area contributed by atoms with Crippen molar-refractivity contribution in [2.45, 2.75) is 10.9 Å². The van der Waals surface area contributed by atoms with E-state index >= 15 is 0 Å². The average Bonchev–Trinajstić information content (AvgIpc) is 3.20. The molecule has 3 heterocycles. The molecule has 0 unspecified atom stereocenters. The number of pyridine rings is 1. The lowest BCUT2D eigenvalue weighted by atomic mass is 10.2. The highest BCUT2D eigenvalue weighted by molar-refractivity contribution is 7.98. The normalized spacial score (nSPS) is 11.3. The summed E-state index contributed by atoms with van der Waals surface area (Å²) in [7, 11) is 0. The smallest absolute Gasteiger partial charge is 0.226 e. The average molecular weight is 395 g/mol. The van der Waals surface area contributed by atoms with Crippen molar-refractivity contribution in [2.75, 3.05) is 0 Å². The van der Waals surface area contributed by atoms with Crippen LogP contribution in [0.5, 0.6) is 0 Å². The fourth-order valence-corrected chi connectivity index (χ4v) is 3.56. The van der Waals surface area contributed by atoms with Gasteiger partial charge in [-0.1, -0.05) is 41.0 Å². The number of hydrogen-bond acceptors (Lipinski definition) is 5. The van der Waals surface area contributed by atoms with Crippen LogP contribution in [0.2, 0.25) is 10.0 Å². The van der Waals surface area contributed by atoms with E-state index in [0.29, 0.717) is 43.7 Å². The Hall–Kier alpha value is -2.09. The standard InChI is InChI=1S/C16H9Cl2FN4OS/c17-10-5-13(18)14-21-22-16(23(14)6-10)25-8-12-7-24-15(20-12)9-2-1-3-11(19)4-9/h1-7H,8H2. The van der Waals surface area contributed by atoms with Gasteiger partial charge in [0, 0.05) is 17.5 Å². The van der Waals surface area contributed by atoms with E-state index in [0.717, 1.165) is 0 Å². The van der Waals surface area contributed by atoms with Gasteiger partial charge in [-0.3, -0.25) is 4.40 Å². The predicted octanol–water partition coefficient (Wildman–Crippen LogP) is 5.12. The first kappa shape index (κ1) is 16.4. The molecule has 25 heavy (non-hydrogen) atoms. The Bertz CT molecular complexity index is 1070. The van der Waals surface area contributed by atoms with E-state index in [9.17, 15) is 4.39 Å². The van der Waals surface area contributed by atoms with Crippen molar-refractivity contribution in [2.24, 2.45) is 0 Å².